The normalized spacial score (nSPS) is 24.1. The third-order valence-corrected chi connectivity index (χ3v) is 3.62. The summed E-state index contributed by atoms with van der Waals surface area (Å²) in [6, 6.07) is 7.94. The summed E-state index contributed by atoms with van der Waals surface area (Å²) in [7, 11) is 0. The summed E-state index contributed by atoms with van der Waals surface area (Å²) >= 11 is 0. The largest absolute Gasteiger partial charge is 0.391 e. The van der Waals surface area contributed by atoms with Gasteiger partial charge in [-0.3, -0.25) is 4.79 Å². The number of carbonyl (C=O) groups is 1. The fraction of sp³-hybridized carbons (Fsp3) is 0.500. The van der Waals surface area contributed by atoms with Crippen LogP contribution in [-0.4, -0.2) is 50.0 Å². The monoisotopic (exact) mass is 262 g/mol. The van der Waals surface area contributed by atoms with Gasteiger partial charge in [-0.1, -0.05) is 6.07 Å². The number of morpholine rings is 1. The molecule has 2 saturated heterocycles. The lowest BCUT2D eigenvalue weighted by molar-refractivity contribution is -0.117. The van der Waals surface area contributed by atoms with E-state index in [0.717, 1.165) is 37.7 Å². The van der Waals surface area contributed by atoms with Gasteiger partial charge >= 0.3 is 0 Å². The van der Waals surface area contributed by atoms with E-state index in [-0.39, 0.29) is 12.3 Å². The van der Waals surface area contributed by atoms with Crippen molar-refractivity contribution in [2.75, 3.05) is 42.6 Å². The number of β-amino-alcohol motifs (C(OH)–C–C–N with tert-alkyl or cyclic N) is 1. The summed E-state index contributed by atoms with van der Waals surface area (Å²) in [4.78, 5) is 15.7. The number of aliphatic hydroxyl groups is 1. The molecular weight excluding hydrogens is 244 g/mol. The Morgan fingerprint density at radius 3 is 2.63 bits per heavy atom. The molecule has 102 valence electrons. The molecule has 2 heterocycles. The van der Waals surface area contributed by atoms with Crippen molar-refractivity contribution < 1.29 is 14.6 Å². The first-order valence-corrected chi connectivity index (χ1v) is 6.65. The Kier molecular flexibility index (Phi) is 3.40. The molecule has 0 aliphatic carbocycles. The van der Waals surface area contributed by atoms with E-state index in [9.17, 15) is 9.90 Å². The highest BCUT2D eigenvalue weighted by Crippen LogP contribution is 2.26. The van der Waals surface area contributed by atoms with Gasteiger partial charge in [-0.2, -0.15) is 0 Å². The smallest absolute Gasteiger partial charge is 0.229 e. The Labute approximate surface area is 112 Å². The van der Waals surface area contributed by atoms with Crippen LogP contribution in [0.5, 0.6) is 0 Å². The van der Waals surface area contributed by atoms with Gasteiger partial charge in [0.15, 0.2) is 0 Å². The standard InChI is InChI=1S/C14H18N2O3/c17-13-9-14(18)16(10-13)12-3-1-2-11(8-12)15-4-6-19-7-5-15/h1-3,8,13,17H,4-7,9-10H2. The van der Waals surface area contributed by atoms with Gasteiger partial charge < -0.3 is 19.6 Å². The van der Waals surface area contributed by atoms with Crippen LogP contribution < -0.4 is 9.80 Å². The number of rotatable bonds is 2. The average Bonchev–Trinajstić information content (AvgIpc) is 2.79. The quantitative estimate of drug-likeness (QED) is 0.849. The lowest BCUT2D eigenvalue weighted by atomic mass is 10.2. The molecule has 0 saturated carbocycles. The van der Waals surface area contributed by atoms with E-state index in [1.165, 1.54) is 0 Å². The average molecular weight is 262 g/mol. The lowest BCUT2D eigenvalue weighted by Gasteiger charge is -2.29. The van der Waals surface area contributed by atoms with Crippen LogP contribution in [0.25, 0.3) is 0 Å². The highest BCUT2D eigenvalue weighted by atomic mass is 16.5. The molecule has 1 atom stereocenters. The van der Waals surface area contributed by atoms with E-state index in [0.29, 0.717) is 6.54 Å². The van der Waals surface area contributed by atoms with Gasteiger partial charge in [-0.05, 0) is 18.2 Å². The number of amides is 1. The van der Waals surface area contributed by atoms with Crippen molar-refractivity contribution in [1.82, 2.24) is 0 Å². The minimum atomic E-state index is -0.542. The topological polar surface area (TPSA) is 53.0 Å². The number of nitrogens with zero attached hydrogens (tertiary/aromatic N) is 2. The van der Waals surface area contributed by atoms with Crippen LogP contribution in [0.1, 0.15) is 6.42 Å². The molecule has 0 spiro atoms. The van der Waals surface area contributed by atoms with Crippen LogP contribution in [-0.2, 0) is 9.53 Å². The summed E-state index contributed by atoms with van der Waals surface area (Å²) in [6.07, 6.45) is -0.318. The summed E-state index contributed by atoms with van der Waals surface area (Å²) in [5.74, 6) is -0.00775. The van der Waals surface area contributed by atoms with Gasteiger partial charge in [-0.15, -0.1) is 0 Å². The lowest BCUT2D eigenvalue weighted by Crippen LogP contribution is -2.36. The van der Waals surface area contributed by atoms with Crippen LogP contribution in [0.4, 0.5) is 11.4 Å². The van der Waals surface area contributed by atoms with Crippen molar-refractivity contribution >= 4 is 17.3 Å². The molecule has 3 rings (SSSR count). The maximum atomic E-state index is 11.8. The SMILES string of the molecule is O=C1CC(O)CN1c1cccc(N2CCOCC2)c1. The predicted octanol–water partition coefficient (Wildman–Crippen LogP) is 0.621. The van der Waals surface area contributed by atoms with Crippen molar-refractivity contribution in [3.63, 3.8) is 0 Å². The molecule has 1 N–H and O–H groups in total. The Balaban J connectivity index is 1.81. The molecule has 5 nitrogen and oxygen atoms in total. The molecule has 5 heteroatoms. The Bertz CT molecular complexity index is 472. The van der Waals surface area contributed by atoms with Crippen LogP contribution in [0, 0.1) is 0 Å². The highest BCUT2D eigenvalue weighted by molar-refractivity contribution is 5.96. The zero-order valence-electron chi connectivity index (χ0n) is 10.8. The Morgan fingerprint density at radius 2 is 1.95 bits per heavy atom. The molecule has 0 radical (unpaired) electrons. The minimum Gasteiger partial charge on any atom is -0.391 e. The zero-order valence-corrected chi connectivity index (χ0v) is 10.8. The second kappa shape index (κ2) is 5.19. The van der Waals surface area contributed by atoms with Crippen molar-refractivity contribution in [3.8, 4) is 0 Å². The van der Waals surface area contributed by atoms with Gasteiger partial charge in [0.25, 0.3) is 0 Å². The van der Waals surface area contributed by atoms with Gasteiger partial charge in [-0.25, -0.2) is 0 Å². The van der Waals surface area contributed by atoms with Crippen molar-refractivity contribution in [1.29, 1.82) is 0 Å². The maximum absolute atomic E-state index is 11.8. The van der Waals surface area contributed by atoms with E-state index in [4.69, 9.17) is 4.74 Å². The molecular formula is C14H18N2O3. The molecule has 0 aromatic heterocycles. The molecule has 2 aliphatic heterocycles. The summed E-state index contributed by atoms with van der Waals surface area (Å²) in [5.41, 5.74) is 1.97. The number of hydrogen-bond donors (Lipinski definition) is 1. The van der Waals surface area contributed by atoms with E-state index < -0.39 is 6.10 Å². The van der Waals surface area contributed by atoms with Crippen molar-refractivity contribution in [3.05, 3.63) is 24.3 Å². The van der Waals surface area contributed by atoms with E-state index in [1.54, 1.807) is 4.90 Å². The first-order chi connectivity index (χ1) is 9.24. The van der Waals surface area contributed by atoms with Gasteiger partial charge in [0.1, 0.15) is 0 Å². The van der Waals surface area contributed by atoms with Crippen LogP contribution in [0.15, 0.2) is 24.3 Å². The number of benzene rings is 1. The van der Waals surface area contributed by atoms with Crippen molar-refractivity contribution in [2.45, 2.75) is 12.5 Å². The number of aliphatic hydroxyl groups excluding tert-OH is 1. The van der Waals surface area contributed by atoms with Crippen molar-refractivity contribution in [2.24, 2.45) is 0 Å². The molecule has 2 aliphatic rings. The van der Waals surface area contributed by atoms with Gasteiger partial charge in [0.05, 0.1) is 32.3 Å². The van der Waals surface area contributed by atoms with E-state index in [2.05, 4.69) is 4.90 Å². The van der Waals surface area contributed by atoms with E-state index in [1.807, 2.05) is 24.3 Å². The number of ether oxygens (including phenoxy) is 1. The van der Waals surface area contributed by atoms with Gasteiger partial charge in [0, 0.05) is 24.5 Å². The predicted molar refractivity (Wildman–Crippen MR) is 72.5 cm³/mol. The zero-order chi connectivity index (χ0) is 13.2. The number of anilines is 2. The molecule has 2 fully saturated rings. The third-order valence-electron chi connectivity index (χ3n) is 3.62. The second-order valence-electron chi connectivity index (χ2n) is 4.98. The molecule has 19 heavy (non-hydrogen) atoms. The first kappa shape index (κ1) is 12.4. The Hall–Kier alpha value is -1.59. The minimum absolute atomic E-state index is 0.00775. The van der Waals surface area contributed by atoms with Crippen LogP contribution in [0.2, 0.25) is 0 Å². The molecule has 1 unspecified atom stereocenters. The molecule has 1 aromatic carbocycles. The molecule has 1 aromatic rings. The maximum Gasteiger partial charge on any atom is 0.229 e. The fourth-order valence-corrected chi connectivity index (χ4v) is 2.62. The summed E-state index contributed by atoms with van der Waals surface area (Å²) in [6.45, 7) is 3.63. The molecule has 1 amide bonds. The van der Waals surface area contributed by atoms with Crippen LogP contribution in [0.3, 0.4) is 0 Å². The van der Waals surface area contributed by atoms with Gasteiger partial charge in [0.2, 0.25) is 5.91 Å². The molecule has 0 bridgehead atoms. The summed E-state index contributed by atoms with van der Waals surface area (Å²) < 4.78 is 5.34. The second-order valence-corrected chi connectivity index (χ2v) is 4.98. The summed E-state index contributed by atoms with van der Waals surface area (Å²) in [5, 5.41) is 9.56. The first-order valence-electron chi connectivity index (χ1n) is 6.65. The number of hydrogen-bond acceptors (Lipinski definition) is 4. The third kappa shape index (κ3) is 2.57. The van der Waals surface area contributed by atoms with Crippen LogP contribution >= 0.6 is 0 Å². The fourth-order valence-electron chi connectivity index (χ4n) is 2.62. The Morgan fingerprint density at radius 1 is 1.21 bits per heavy atom. The van der Waals surface area contributed by atoms with E-state index >= 15 is 0 Å². The number of carbonyl (C=O) groups excluding carboxylic acids is 1. The highest BCUT2D eigenvalue weighted by Gasteiger charge is 2.29.